The molecule has 150 valence electrons. The molecular weight excluding hydrogens is 524 g/mol. The monoisotopic (exact) mass is 538 g/mol. The van der Waals surface area contributed by atoms with Gasteiger partial charge in [-0.3, -0.25) is 4.79 Å². The molecule has 0 saturated carbocycles. The van der Waals surface area contributed by atoms with Gasteiger partial charge in [-0.1, -0.05) is 23.7 Å². The number of hydrogen-bond donors (Lipinski definition) is 1. The van der Waals surface area contributed by atoms with Crippen molar-refractivity contribution >= 4 is 55.6 Å². The average molecular weight is 541 g/mol. The first-order valence-corrected chi connectivity index (χ1v) is 10.6. The van der Waals surface area contributed by atoms with Gasteiger partial charge >= 0.3 is 0 Å². The van der Waals surface area contributed by atoms with E-state index >= 15 is 0 Å². The number of hydrazone groups is 1. The van der Waals surface area contributed by atoms with E-state index in [1.165, 1.54) is 6.21 Å². The van der Waals surface area contributed by atoms with Gasteiger partial charge in [0.2, 0.25) is 0 Å². The summed E-state index contributed by atoms with van der Waals surface area (Å²) in [5, 5.41) is 4.58. The van der Waals surface area contributed by atoms with Crippen molar-refractivity contribution in [2.45, 2.75) is 13.8 Å². The summed E-state index contributed by atoms with van der Waals surface area (Å²) < 4.78 is 12.8. The summed E-state index contributed by atoms with van der Waals surface area (Å²) in [6.07, 6.45) is 1.43. The second-order valence-corrected chi connectivity index (χ2v) is 8.42. The number of benzene rings is 2. The lowest BCUT2D eigenvalue weighted by atomic mass is 10.1. The Morgan fingerprint density at radius 1 is 1.17 bits per heavy atom. The number of carbonyl (C=O) groups excluding carboxylic acids is 1. The number of rotatable bonds is 6. The Balaban J connectivity index is 1.56. The molecule has 0 aliphatic heterocycles. The number of amides is 1. The fourth-order valence-electron chi connectivity index (χ4n) is 2.49. The van der Waals surface area contributed by atoms with Crippen LogP contribution in [-0.4, -0.2) is 18.7 Å². The zero-order chi connectivity index (χ0) is 21.0. The van der Waals surface area contributed by atoms with Gasteiger partial charge in [0.1, 0.15) is 17.3 Å². The molecule has 1 N–H and O–H groups in total. The first-order valence-electron chi connectivity index (χ1n) is 8.60. The first kappa shape index (κ1) is 21.6. The molecule has 2 aromatic carbocycles. The number of hydrogen-bond acceptors (Lipinski definition) is 4. The molecule has 0 fully saturated rings. The molecule has 1 heterocycles. The summed E-state index contributed by atoms with van der Waals surface area (Å²) >= 11 is 13.0. The zero-order valence-electron chi connectivity index (χ0n) is 15.6. The van der Waals surface area contributed by atoms with Gasteiger partial charge < -0.3 is 9.15 Å². The van der Waals surface area contributed by atoms with Crippen LogP contribution in [0.2, 0.25) is 5.02 Å². The van der Waals surface area contributed by atoms with Crippen molar-refractivity contribution < 1.29 is 13.9 Å². The van der Waals surface area contributed by atoms with Gasteiger partial charge in [-0.05, 0) is 87.2 Å². The van der Waals surface area contributed by atoms with Crippen LogP contribution in [0, 0.1) is 13.8 Å². The van der Waals surface area contributed by atoms with E-state index < -0.39 is 5.91 Å². The third-order valence-corrected chi connectivity index (χ3v) is 5.54. The summed E-state index contributed by atoms with van der Waals surface area (Å²) in [5.41, 5.74) is 5.34. The van der Waals surface area contributed by atoms with E-state index in [9.17, 15) is 4.79 Å². The fourth-order valence-corrected chi connectivity index (χ4v) is 4.31. The molecule has 0 aliphatic rings. The van der Waals surface area contributed by atoms with Crippen LogP contribution in [0.5, 0.6) is 5.75 Å². The van der Waals surface area contributed by atoms with Gasteiger partial charge in [-0.15, -0.1) is 0 Å². The molecule has 29 heavy (non-hydrogen) atoms. The lowest BCUT2D eigenvalue weighted by molar-refractivity contribution is -0.123. The highest BCUT2D eigenvalue weighted by molar-refractivity contribution is 9.11. The summed E-state index contributed by atoms with van der Waals surface area (Å²) in [6.45, 7) is 3.73. The molecule has 0 unspecified atom stereocenters. The first-order chi connectivity index (χ1) is 13.8. The van der Waals surface area contributed by atoms with Crippen molar-refractivity contribution in [3.8, 4) is 17.1 Å². The van der Waals surface area contributed by atoms with Crippen molar-refractivity contribution in [1.82, 2.24) is 5.43 Å². The second-order valence-electron chi connectivity index (χ2n) is 6.31. The number of carbonyl (C=O) groups is 1. The summed E-state index contributed by atoms with van der Waals surface area (Å²) in [6, 6.07) is 13.1. The van der Waals surface area contributed by atoms with Crippen LogP contribution in [0.15, 0.2) is 60.9 Å². The third kappa shape index (κ3) is 5.72. The number of furan rings is 1. The van der Waals surface area contributed by atoms with E-state index in [4.69, 9.17) is 20.8 Å². The minimum Gasteiger partial charge on any atom is -0.481 e. The van der Waals surface area contributed by atoms with E-state index in [1.54, 1.807) is 6.07 Å². The summed E-state index contributed by atoms with van der Waals surface area (Å²) in [5.74, 6) is 1.33. The van der Waals surface area contributed by atoms with Gasteiger partial charge in [0, 0.05) is 10.6 Å². The maximum Gasteiger partial charge on any atom is 0.277 e. The Labute approximate surface area is 190 Å². The second kappa shape index (κ2) is 9.61. The Hall–Kier alpha value is -2.09. The number of aryl methyl sites for hydroxylation is 2. The van der Waals surface area contributed by atoms with E-state index in [0.29, 0.717) is 22.3 Å². The third-order valence-electron chi connectivity index (χ3n) is 3.95. The van der Waals surface area contributed by atoms with Crippen LogP contribution >= 0.6 is 43.5 Å². The van der Waals surface area contributed by atoms with Crippen LogP contribution < -0.4 is 10.2 Å². The molecule has 0 saturated heterocycles. The number of ether oxygens (including phenoxy) is 1. The van der Waals surface area contributed by atoms with Crippen LogP contribution in [0.1, 0.15) is 16.9 Å². The van der Waals surface area contributed by atoms with E-state index in [1.807, 2.05) is 50.2 Å². The average Bonchev–Trinajstić information content (AvgIpc) is 3.12. The van der Waals surface area contributed by atoms with Crippen LogP contribution in [0.3, 0.4) is 0 Å². The molecule has 3 aromatic rings. The molecule has 5 nitrogen and oxygen atoms in total. The van der Waals surface area contributed by atoms with Crippen LogP contribution in [0.4, 0.5) is 0 Å². The van der Waals surface area contributed by atoms with Gasteiger partial charge in [-0.25, -0.2) is 5.43 Å². The van der Waals surface area contributed by atoms with Crippen molar-refractivity contribution in [3.05, 3.63) is 73.3 Å². The number of nitrogens with one attached hydrogen (secondary N) is 1. The molecule has 0 bridgehead atoms. The molecule has 0 radical (unpaired) electrons. The maximum atomic E-state index is 12.0. The Kier molecular flexibility index (Phi) is 7.16. The predicted molar refractivity (Wildman–Crippen MR) is 122 cm³/mol. The van der Waals surface area contributed by atoms with E-state index in [2.05, 4.69) is 42.4 Å². The van der Waals surface area contributed by atoms with Crippen LogP contribution in [-0.2, 0) is 4.79 Å². The topological polar surface area (TPSA) is 63.8 Å². The highest BCUT2D eigenvalue weighted by Gasteiger charge is 2.10. The van der Waals surface area contributed by atoms with Crippen molar-refractivity contribution in [1.29, 1.82) is 0 Å². The van der Waals surface area contributed by atoms with Gasteiger partial charge in [-0.2, -0.15) is 5.10 Å². The van der Waals surface area contributed by atoms with E-state index in [0.717, 1.165) is 25.6 Å². The molecule has 3 rings (SSSR count). The Morgan fingerprint density at radius 2 is 1.90 bits per heavy atom. The van der Waals surface area contributed by atoms with Crippen molar-refractivity contribution in [2.75, 3.05) is 6.61 Å². The smallest absolute Gasteiger partial charge is 0.277 e. The van der Waals surface area contributed by atoms with Gasteiger partial charge in [0.15, 0.2) is 6.61 Å². The predicted octanol–water partition coefficient (Wildman–Crippen LogP) is 6.27. The zero-order valence-corrected chi connectivity index (χ0v) is 19.6. The maximum absolute atomic E-state index is 12.0. The molecule has 0 atom stereocenters. The quantitative estimate of drug-likeness (QED) is 0.296. The summed E-state index contributed by atoms with van der Waals surface area (Å²) in [7, 11) is 0. The normalized spacial score (nSPS) is 11.1. The summed E-state index contributed by atoms with van der Waals surface area (Å²) in [4.78, 5) is 12.0. The highest BCUT2D eigenvalue weighted by atomic mass is 79.9. The van der Waals surface area contributed by atoms with Crippen molar-refractivity contribution in [3.63, 3.8) is 0 Å². The minimum atomic E-state index is -0.391. The van der Waals surface area contributed by atoms with Gasteiger partial charge in [0.05, 0.1) is 15.2 Å². The Morgan fingerprint density at radius 3 is 2.59 bits per heavy atom. The lowest BCUT2D eigenvalue weighted by Crippen LogP contribution is -2.24. The van der Waals surface area contributed by atoms with Crippen LogP contribution in [0.25, 0.3) is 11.3 Å². The largest absolute Gasteiger partial charge is 0.481 e. The Bertz CT molecular complexity index is 1060. The lowest BCUT2D eigenvalue weighted by Gasteiger charge is -2.10. The minimum absolute atomic E-state index is 0.178. The molecule has 8 heteroatoms. The van der Waals surface area contributed by atoms with E-state index in [-0.39, 0.29) is 6.61 Å². The highest BCUT2D eigenvalue weighted by Crippen LogP contribution is 2.34. The number of halogens is 3. The van der Waals surface area contributed by atoms with Crippen molar-refractivity contribution in [2.24, 2.45) is 5.10 Å². The molecule has 0 spiro atoms. The molecular formula is C21H17Br2ClN2O3. The molecule has 1 amide bonds. The molecule has 0 aliphatic carbocycles. The standard InChI is InChI=1S/C21H17Br2ClN2O3/c1-12-7-16(22)21(17(23)8-12)28-11-20(27)26-25-10-15-5-6-19(29-15)14-4-3-13(2)18(24)9-14/h3-10H,11H2,1-2H3,(H,26,27)/b25-10-. The SMILES string of the molecule is Cc1cc(Br)c(OCC(=O)N/N=C\c2ccc(-c3ccc(C)c(Cl)c3)o2)c(Br)c1. The number of nitrogens with zero attached hydrogens (tertiary/aromatic N) is 1. The molecule has 1 aromatic heterocycles. The van der Waals surface area contributed by atoms with Gasteiger partial charge in [0.25, 0.3) is 5.91 Å². The fraction of sp³-hybridized carbons (Fsp3) is 0.143.